The van der Waals surface area contributed by atoms with E-state index in [1.807, 2.05) is 36.9 Å². The highest BCUT2D eigenvalue weighted by Crippen LogP contribution is 2.29. The molecule has 1 amide bonds. The minimum Gasteiger partial charge on any atom is -0.390 e. The molecule has 0 unspecified atom stereocenters. The molecule has 0 saturated carbocycles. The number of likely N-dealkylation sites (tertiary alicyclic amines) is 1. The lowest BCUT2D eigenvalue weighted by molar-refractivity contribution is -0.133. The molecule has 4 heteroatoms. The van der Waals surface area contributed by atoms with E-state index in [9.17, 15) is 9.90 Å². The first-order valence-corrected chi connectivity index (χ1v) is 8.28. The minimum atomic E-state index is -0.606. The Balaban J connectivity index is 1.53. The summed E-state index contributed by atoms with van der Waals surface area (Å²) in [7, 11) is 0. The number of nitrogens with one attached hydrogen (secondary N) is 1. The van der Waals surface area contributed by atoms with Crippen LogP contribution in [0.25, 0.3) is 0 Å². The fourth-order valence-electron chi connectivity index (χ4n) is 3.73. The van der Waals surface area contributed by atoms with Crippen molar-refractivity contribution in [2.45, 2.75) is 51.2 Å². The first kappa shape index (κ1) is 15.3. The SMILES string of the molecule is CC(C)(O)CC1CCN(C(=O)[C@H]2Cc3ccccc3N2)CC1. The van der Waals surface area contributed by atoms with E-state index in [4.69, 9.17) is 0 Å². The van der Waals surface area contributed by atoms with Crippen LogP contribution in [0.15, 0.2) is 24.3 Å². The molecular weight excluding hydrogens is 276 g/mol. The Morgan fingerprint density at radius 3 is 2.64 bits per heavy atom. The standard InChI is InChI=1S/C18H26N2O2/c1-18(2,22)12-13-7-9-20(10-8-13)17(21)16-11-14-5-3-4-6-15(14)19-16/h3-6,13,16,19,22H,7-12H2,1-2H3/t16-/m1/s1. The number of rotatable bonds is 3. The number of carbonyl (C=O) groups excluding carboxylic acids is 1. The van der Waals surface area contributed by atoms with Crippen LogP contribution in [0.1, 0.15) is 38.7 Å². The molecule has 22 heavy (non-hydrogen) atoms. The summed E-state index contributed by atoms with van der Waals surface area (Å²) in [6, 6.07) is 8.04. The molecule has 4 nitrogen and oxygen atoms in total. The van der Waals surface area contributed by atoms with Gasteiger partial charge in [-0.1, -0.05) is 18.2 Å². The van der Waals surface area contributed by atoms with Gasteiger partial charge in [-0.25, -0.2) is 0 Å². The number of benzene rings is 1. The number of aliphatic hydroxyl groups is 1. The average Bonchev–Trinajstić information content (AvgIpc) is 2.89. The van der Waals surface area contributed by atoms with Gasteiger partial charge in [0.05, 0.1) is 5.60 Å². The van der Waals surface area contributed by atoms with Crippen LogP contribution in [0.4, 0.5) is 5.69 Å². The number of hydrogen-bond donors (Lipinski definition) is 2. The Morgan fingerprint density at radius 1 is 1.32 bits per heavy atom. The molecule has 3 rings (SSSR count). The van der Waals surface area contributed by atoms with Crippen LogP contribution in [0.3, 0.4) is 0 Å². The Bertz CT molecular complexity index is 517. The first-order chi connectivity index (χ1) is 10.4. The summed E-state index contributed by atoms with van der Waals surface area (Å²) in [6.45, 7) is 5.36. The number of fused-ring (bicyclic) bond motifs is 1. The second-order valence-corrected chi connectivity index (χ2v) is 7.34. The van der Waals surface area contributed by atoms with Gasteiger partial charge < -0.3 is 15.3 Å². The number of hydrogen-bond acceptors (Lipinski definition) is 3. The smallest absolute Gasteiger partial charge is 0.245 e. The van der Waals surface area contributed by atoms with Gasteiger partial charge in [0.1, 0.15) is 6.04 Å². The van der Waals surface area contributed by atoms with Crippen molar-refractivity contribution in [2.24, 2.45) is 5.92 Å². The molecule has 0 bridgehead atoms. The Kier molecular flexibility index (Phi) is 4.13. The van der Waals surface area contributed by atoms with Gasteiger partial charge in [-0.3, -0.25) is 4.79 Å². The lowest BCUT2D eigenvalue weighted by Crippen LogP contribution is -2.46. The summed E-state index contributed by atoms with van der Waals surface area (Å²) in [4.78, 5) is 14.7. The Hall–Kier alpha value is -1.55. The van der Waals surface area contributed by atoms with E-state index in [0.29, 0.717) is 5.92 Å². The molecular formula is C18H26N2O2. The maximum absolute atomic E-state index is 12.7. The van der Waals surface area contributed by atoms with Crippen molar-refractivity contribution in [3.63, 3.8) is 0 Å². The van der Waals surface area contributed by atoms with Crippen LogP contribution in [0.5, 0.6) is 0 Å². The predicted octanol–water partition coefficient (Wildman–Crippen LogP) is 2.42. The molecule has 1 aromatic carbocycles. The van der Waals surface area contributed by atoms with E-state index >= 15 is 0 Å². The highest BCUT2D eigenvalue weighted by Gasteiger charge is 2.33. The zero-order chi connectivity index (χ0) is 15.7. The second kappa shape index (κ2) is 5.92. The third kappa shape index (κ3) is 3.43. The van der Waals surface area contributed by atoms with Crippen molar-refractivity contribution in [3.05, 3.63) is 29.8 Å². The molecule has 120 valence electrons. The van der Waals surface area contributed by atoms with Crippen LogP contribution in [-0.2, 0) is 11.2 Å². The summed E-state index contributed by atoms with van der Waals surface area (Å²) in [5.74, 6) is 0.746. The van der Waals surface area contributed by atoms with Crippen molar-refractivity contribution in [1.82, 2.24) is 4.90 Å². The lowest BCUT2D eigenvalue weighted by atomic mass is 9.86. The number of para-hydroxylation sites is 1. The van der Waals surface area contributed by atoms with Crippen LogP contribution in [0.2, 0.25) is 0 Å². The molecule has 1 saturated heterocycles. The van der Waals surface area contributed by atoms with Gasteiger partial charge in [0.2, 0.25) is 5.91 Å². The van der Waals surface area contributed by atoms with E-state index in [1.54, 1.807) is 0 Å². The number of amides is 1. The van der Waals surface area contributed by atoms with Gasteiger partial charge in [-0.2, -0.15) is 0 Å². The van der Waals surface area contributed by atoms with Gasteiger partial charge in [0.25, 0.3) is 0 Å². The van der Waals surface area contributed by atoms with Gasteiger partial charge in [0, 0.05) is 25.2 Å². The van der Waals surface area contributed by atoms with Crippen molar-refractivity contribution in [1.29, 1.82) is 0 Å². The zero-order valence-corrected chi connectivity index (χ0v) is 13.5. The summed E-state index contributed by atoms with van der Waals surface area (Å²) in [5.41, 5.74) is 1.72. The maximum Gasteiger partial charge on any atom is 0.245 e. The monoisotopic (exact) mass is 302 g/mol. The van der Waals surface area contributed by atoms with E-state index in [2.05, 4.69) is 11.4 Å². The normalized spacial score (nSPS) is 22.3. The fourth-order valence-corrected chi connectivity index (χ4v) is 3.73. The van der Waals surface area contributed by atoms with Crippen LogP contribution < -0.4 is 5.32 Å². The number of nitrogens with zero attached hydrogens (tertiary/aromatic N) is 1. The molecule has 2 N–H and O–H groups in total. The number of anilines is 1. The van der Waals surface area contributed by atoms with Crippen molar-refractivity contribution in [2.75, 3.05) is 18.4 Å². The Labute approximate surface area is 132 Å². The van der Waals surface area contributed by atoms with Crippen LogP contribution in [0, 0.1) is 5.92 Å². The molecule has 2 heterocycles. The predicted molar refractivity (Wildman–Crippen MR) is 87.8 cm³/mol. The summed E-state index contributed by atoms with van der Waals surface area (Å²) >= 11 is 0. The van der Waals surface area contributed by atoms with Gasteiger partial charge in [-0.05, 0) is 50.7 Å². The quantitative estimate of drug-likeness (QED) is 0.901. The third-order valence-electron chi connectivity index (χ3n) is 4.78. The molecule has 2 aliphatic heterocycles. The third-order valence-corrected chi connectivity index (χ3v) is 4.78. The molecule has 0 spiro atoms. The van der Waals surface area contributed by atoms with Gasteiger partial charge in [-0.15, -0.1) is 0 Å². The topological polar surface area (TPSA) is 52.6 Å². The number of piperidine rings is 1. The Morgan fingerprint density at radius 2 is 2.00 bits per heavy atom. The molecule has 2 aliphatic rings. The van der Waals surface area contributed by atoms with Gasteiger partial charge in [0.15, 0.2) is 0 Å². The van der Waals surface area contributed by atoms with Crippen LogP contribution in [-0.4, -0.2) is 40.6 Å². The lowest BCUT2D eigenvalue weighted by Gasteiger charge is -2.35. The first-order valence-electron chi connectivity index (χ1n) is 8.28. The molecule has 0 aromatic heterocycles. The van der Waals surface area contributed by atoms with Gasteiger partial charge >= 0.3 is 0 Å². The van der Waals surface area contributed by atoms with Crippen molar-refractivity contribution >= 4 is 11.6 Å². The molecule has 1 aromatic rings. The zero-order valence-electron chi connectivity index (χ0n) is 13.5. The molecule has 1 atom stereocenters. The average molecular weight is 302 g/mol. The number of carbonyl (C=O) groups is 1. The maximum atomic E-state index is 12.7. The van der Waals surface area contributed by atoms with Crippen molar-refractivity contribution < 1.29 is 9.90 Å². The fraction of sp³-hybridized carbons (Fsp3) is 0.611. The highest BCUT2D eigenvalue weighted by atomic mass is 16.3. The summed E-state index contributed by atoms with van der Waals surface area (Å²) < 4.78 is 0. The van der Waals surface area contributed by atoms with E-state index < -0.39 is 5.60 Å². The summed E-state index contributed by atoms with van der Waals surface area (Å²) in [5, 5.41) is 13.3. The van der Waals surface area contributed by atoms with E-state index in [0.717, 1.165) is 44.5 Å². The largest absolute Gasteiger partial charge is 0.390 e. The van der Waals surface area contributed by atoms with E-state index in [1.165, 1.54) is 5.56 Å². The van der Waals surface area contributed by atoms with E-state index in [-0.39, 0.29) is 11.9 Å². The minimum absolute atomic E-state index is 0.108. The second-order valence-electron chi connectivity index (χ2n) is 7.34. The molecule has 1 fully saturated rings. The van der Waals surface area contributed by atoms with Crippen LogP contribution >= 0.6 is 0 Å². The summed E-state index contributed by atoms with van der Waals surface area (Å²) in [6.07, 6.45) is 3.60. The molecule has 0 radical (unpaired) electrons. The van der Waals surface area contributed by atoms with Crippen molar-refractivity contribution in [3.8, 4) is 0 Å². The molecule has 0 aliphatic carbocycles. The highest BCUT2D eigenvalue weighted by molar-refractivity contribution is 5.87.